The fraction of sp³-hybridized carbons (Fsp3) is 0.318. The summed E-state index contributed by atoms with van der Waals surface area (Å²) < 4.78 is 6.04. The Labute approximate surface area is 164 Å². The molecule has 2 heterocycles. The number of allylic oxidation sites excluding steroid dienone is 1. The number of benzene rings is 2. The molecular formula is C22H24ClN3O. The Bertz CT molecular complexity index is 924. The van der Waals surface area contributed by atoms with Crippen LogP contribution in [0.5, 0.6) is 0 Å². The Balaban J connectivity index is 1.65. The maximum absolute atomic E-state index is 6.10. The summed E-state index contributed by atoms with van der Waals surface area (Å²) in [5, 5.41) is 4.28. The minimum atomic E-state index is 0.0396. The first-order chi connectivity index (χ1) is 13.2. The second kappa shape index (κ2) is 7.75. The molecule has 0 radical (unpaired) electrons. The highest BCUT2D eigenvalue weighted by molar-refractivity contribution is 6.31. The predicted octanol–water partition coefficient (Wildman–Crippen LogP) is 4.70. The molecule has 1 aliphatic heterocycles. The van der Waals surface area contributed by atoms with Crippen LogP contribution in [0, 0.1) is 5.41 Å². The summed E-state index contributed by atoms with van der Waals surface area (Å²) in [4.78, 5) is 6.94. The van der Waals surface area contributed by atoms with Crippen LogP contribution in [0.2, 0.25) is 5.02 Å². The Hall–Kier alpha value is -2.30. The molecule has 0 saturated carbocycles. The number of halogens is 1. The molecule has 5 heteroatoms. The van der Waals surface area contributed by atoms with Gasteiger partial charge in [0.15, 0.2) is 5.58 Å². The smallest absolute Gasteiger partial charge is 0.298 e. The molecule has 3 aromatic rings. The van der Waals surface area contributed by atoms with Crippen molar-refractivity contribution in [3.05, 3.63) is 71.8 Å². The van der Waals surface area contributed by atoms with E-state index in [0.29, 0.717) is 11.0 Å². The Kier molecular flexibility index (Phi) is 5.19. The first-order valence-corrected chi connectivity index (χ1v) is 9.72. The highest BCUT2D eigenvalue weighted by atomic mass is 35.5. The zero-order chi connectivity index (χ0) is 18.7. The van der Waals surface area contributed by atoms with Gasteiger partial charge in [-0.25, -0.2) is 0 Å². The average Bonchev–Trinajstić information content (AvgIpc) is 2.97. The second-order valence-electron chi connectivity index (χ2n) is 7.36. The summed E-state index contributed by atoms with van der Waals surface area (Å²) in [7, 11) is 0. The van der Waals surface area contributed by atoms with E-state index in [1.165, 1.54) is 5.56 Å². The highest BCUT2D eigenvalue weighted by Gasteiger charge is 2.34. The van der Waals surface area contributed by atoms with Gasteiger partial charge in [-0.1, -0.05) is 48.0 Å². The topological polar surface area (TPSA) is 41.3 Å². The summed E-state index contributed by atoms with van der Waals surface area (Å²) in [5.41, 5.74) is 2.95. The highest BCUT2D eigenvalue weighted by Crippen LogP contribution is 2.33. The van der Waals surface area contributed by atoms with Crippen molar-refractivity contribution in [1.82, 2.24) is 10.3 Å². The van der Waals surface area contributed by atoms with Crippen molar-refractivity contribution in [1.29, 1.82) is 0 Å². The monoisotopic (exact) mass is 381 g/mol. The normalized spacial score (nSPS) is 20.6. The molecule has 0 unspecified atom stereocenters. The molecule has 0 aliphatic carbocycles. The van der Waals surface area contributed by atoms with Crippen LogP contribution in [-0.4, -0.2) is 31.2 Å². The number of nitrogens with zero attached hydrogens (tertiary/aromatic N) is 2. The largest absolute Gasteiger partial charge is 0.423 e. The third-order valence-corrected chi connectivity index (χ3v) is 5.43. The number of oxazole rings is 1. The quantitative estimate of drug-likeness (QED) is 0.650. The van der Waals surface area contributed by atoms with E-state index in [9.17, 15) is 0 Å². The summed E-state index contributed by atoms with van der Waals surface area (Å²) in [6, 6.07) is 16.9. The van der Waals surface area contributed by atoms with Crippen LogP contribution in [0.15, 0.2) is 65.6 Å². The van der Waals surface area contributed by atoms with Crippen LogP contribution >= 0.6 is 11.6 Å². The molecule has 1 N–H and O–H groups in total. The van der Waals surface area contributed by atoms with Crippen LogP contribution in [-0.2, 0) is 6.42 Å². The Morgan fingerprint density at radius 1 is 1.26 bits per heavy atom. The van der Waals surface area contributed by atoms with Gasteiger partial charge in [0.05, 0.1) is 0 Å². The number of rotatable bonds is 5. The zero-order valence-corrected chi connectivity index (χ0v) is 16.1. The number of hydrogen-bond donors (Lipinski definition) is 1. The van der Waals surface area contributed by atoms with Gasteiger partial charge < -0.3 is 14.6 Å². The van der Waals surface area contributed by atoms with Crippen molar-refractivity contribution in [2.45, 2.75) is 12.8 Å². The van der Waals surface area contributed by atoms with Gasteiger partial charge in [-0.2, -0.15) is 4.98 Å². The summed E-state index contributed by atoms with van der Waals surface area (Å²) >= 11 is 6.10. The number of fused-ring (bicyclic) bond motifs is 1. The lowest BCUT2D eigenvalue weighted by molar-refractivity contribution is 0.291. The van der Waals surface area contributed by atoms with Gasteiger partial charge in [-0.05, 0) is 36.6 Å². The molecule has 0 amide bonds. The van der Waals surface area contributed by atoms with Gasteiger partial charge in [0.1, 0.15) is 5.52 Å². The van der Waals surface area contributed by atoms with Crippen molar-refractivity contribution in [3.8, 4) is 0 Å². The van der Waals surface area contributed by atoms with E-state index in [0.717, 1.165) is 50.1 Å². The standard InChI is InChI=1S/C22H24ClN3O/c1-2-10-22(14-17-6-4-3-5-7-17)15-24-11-12-26(16-22)21-25-19-13-18(23)8-9-20(19)27-21/h2-9,13,24H,1,10-12,14-16H2/t22-/m0/s1. The molecule has 2 aromatic carbocycles. The van der Waals surface area contributed by atoms with E-state index in [1.807, 2.05) is 24.3 Å². The minimum absolute atomic E-state index is 0.0396. The zero-order valence-electron chi connectivity index (χ0n) is 15.3. The predicted molar refractivity (Wildman–Crippen MR) is 111 cm³/mol. The number of hydrogen-bond acceptors (Lipinski definition) is 4. The van der Waals surface area contributed by atoms with Crippen LogP contribution in [0.3, 0.4) is 0 Å². The number of aromatic nitrogens is 1. The van der Waals surface area contributed by atoms with Crippen LogP contribution < -0.4 is 10.2 Å². The molecule has 0 spiro atoms. The summed E-state index contributed by atoms with van der Waals surface area (Å²) in [6.07, 6.45) is 3.94. The maximum Gasteiger partial charge on any atom is 0.298 e. The third-order valence-electron chi connectivity index (χ3n) is 5.19. The third kappa shape index (κ3) is 4.02. The first-order valence-electron chi connectivity index (χ1n) is 9.34. The summed E-state index contributed by atoms with van der Waals surface area (Å²) in [5.74, 6) is 0. The molecule has 4 rings (SSSR count). The van der Waals surface area contributed by atoms with Crippen molar-refractivity contribution >= 4 is 28.7 Å². The molecule has 1 aliphatic rings. The molecule has 1 saturated heterocycles. The van der Waals surface area contributed by atoms with Crippen molar-refractivity contribution in [3.63, 3.8) is 0 Å². The molecular weight excluding hydrogens is 358 g/mol. The van der Waals surface area contributed by atoms with Crippen molar-refractivity contribution in [2.24, 2.45) is 5.41 Å². The lowest BCUT2D eigenvalue weighted by atomic mass is 9.78. The van der Waals surface area contributed by atoms with Gasteiger partial charge in [0.25, 0.3) is 6.01 Å². The van der Waals surface area contributed by atoms with Crippen molar-refractivity contribution in [2.75, 3.05) is 31.1 Å². The SMILES string of the molecule is C=CC[C@]1(Cc2ccccc2)CNCCN(c2nc3cc(Cl)ccc3o2)C1. The van der Waals surface area contributed by atoms with E-state index in [4.69, 9.17) is 21.0 Å². The molecule has 27 heavy (non-hydrogen) atoms. The van der Waals surface area contributed by atoms with Crippen LogP contribution in [0.4, 0.5) is 6.01 Å². The van der Waals surface area contributed by atoms with Gasteiger partial charge in [0.2, 0.25) is 0 Å². The minimum Gasteiger partial charge on any atom is -0.423 e. The van der Waals surface area contributed by atoms with Gasteiger partial charge >= 0.3 is 0 Å². The average molecular weight is 382 g/mol. The molecule has 0 bridgehead atoms. The molecule has 1 fully saturated rings. The van der Waals surface area contributed by atoms with Crippen LogP contribution in [0.25, 0.3) is 11.1 Å². The lowest BCUT2D eigenvalue weighted by Gasteiger charge is -2.35. The van der Waals surface area contributed by atoms with Gasteiger partial charge in [-0.3, -0.25) is 0 Å². The molecule has 1 atom stereocenters. The second-order valence-corrected chi connectivity index (χ2v) is 7.80. The van der Waals surface area contributed by atoms with E-state index in [2.05, 4.69) is 47.1 Å². The summed E-state index contributed by atoms with van der Waals surface area (Å²) in [6.45, 7) is 7.57. The van der Waals surface area contributed by atoms with Gasteiger partial charge in [-0.15, -0.1) is 6.58 Å². The fourth-order valence-electron chi connectivity index (χ4n) is 3.96. The fourth-order valence-corrected chi connectivity index (χ4v) is 4.12. The number of nitrogens with one attached hydrogen (secondary N) is 1. The Morgan fingerprint density at radius 3 is 2.93 bits per heavy atom. The van der Waals surface area contributed by atoms with Gasteiger partial charge in [0, 0.05) is 36.6 Å². The maximum atomic E-state index is 6.10. The van der Waals surface area contributed by atoms with E-state index >= 15 is 0 Å². The molecule has 140 valence electrons. The first kappa shape index (κ1) is 18.1. The van der Waals surface area contributed by atoms with E-state index < -0.39 is 0 Å². The van der Waals surface area contributed by atoms with Crippen LogP contribution in [0.1, 0.15) is 12.0 Å². The lowest BCUT2D eigenvalue weighted by Crippen LogP contribution is -2.41. The number of anilines is 1. The van der Waals surface area contributed by atoms with E-state index in [1.54, 1.807) is 0 Å². The van der Waals surface area contributed by atoms with Crippen molar-refractivity contribution < 1.29 is 4.42 Å². The Morgan fingerprint density at radius 2 is 2.11 bits per heavy atom. The van der Waals surface area contributed by atoms with E-state index in [-0.39, 0.29) is 5.41 Å². The molecule has 4 nitrogen and oxygen atoms in total. The molecule has 1 aromatic heterocycles.